The first kappa shape index (κ1) is 14.1. The van der Waals surface area contributed by atoms with Crippen molar-refractivity contribution >= 4 is 18.1 Å². The van der Waals surface area contributed by atoms with Crippen LogP contribution in [0.1, 0.15) is 16.2 Å². The summed E-state index contributed by atoms with van der Waals surface area (Å²) in [6.07, 6.45) is 4.96. The van der Waals surface area contributed by atoms with Gasteiger partial charge in [-0.25, -0.2) is 0 Å². The zero-order valence-corrected chi connectivity index (χ0v) is 12.1. The summed E-state index contributed by atoms with van der Waals surface area (Å²) < 4.78 is 5.47. The molecule has 3 aromatic rings. The summed E-state index contributed by atoms with van der Waals surface area (Å²) in [7, 11) is 0. The van der Waals surface area contributed by atoms with Gasteiger partial charge in [-0.1, -0.05) is 17.4 Å². The van der Waals surface area contributed by atoms with Gasteiger partial charge in [-0.3, -0.25) is 9.78 Å². The predicted molar refractivity (Wildman–Crippen MR) is 80.3 cm³/mol. The first-order chi connectivity index (χ1) is 10.7. The van der Waals surface area contributed by atoms with Crippen LogP contribution in [0.15, 0.2) is 47.4 Å². The van der Waals surface area contributed by atoms with Gasteiger partial charge in [0.1, 0.15) is 4.64 Å². The van der Waals surface area contributed by atoms with E-state index in [1.807, 2.05) is 6.07 Å². The average Bonchev–Trinajstić information content (AvgIpc) is 3.03. The third kappa shape index (κ3) is 3.07. The van der Waals surface area contributed by atoms with Crippen molar-refractivity contribution in [3.8, 4) is 11.4 Å². The Balaban J connectivity index is 1.68. The third-order valence-corrected chi connectivity index (χ3v) is 3.19. The number of aromatic nitrogens is 4. The molecule has 0 unspecified atom stereocenters. The van der Waals surface area contributed by atoms with E-state index in [1.54, 1.807) is 36.8 Å². The number of hydrogen-bond donors (Lipinski definition) is 2. The largest absolute Gasteiger partial charge is 0.352 e. The number of carbonyl (C=O) groups excluding carboxylic acids is 1. The van der Waals surface area contributed by atoms with Crippen LogP contribution in [0.4, 0.5) is 0 Å². The summed E-state index contributed by atoms with van der Waals surface area (Å²) >= 11 is 5.05. The molecular weight excluding hydrogens is 302 g/mol. The van der Waals surface area contributed by atoms with Crippen molar-refractivity contribution in [1.29, 1.82) is 0 Å². The first-order valence-electron chi connectivity index (χ1n) is 6.43. The highest BCUT2D eigenvalue weighted by atomic mass is 32.1. The molecule has 110 valence electrons. The van der Waals surface area contributed by atoms with Crippen LogP contribution in [0.2, 0.25) is 0 Å². The first-order valence-corrected chi connectivity index (χ1v) is 6.84. The van der Waals surface area contributed by atoms with E-state index in [2.05, 4.69) is 25.4 Å². The van der Waals surface area contributed by atoms with Gasteiger partial charge in [-0.2, -0.15) is 4.98 Å². The van der Waals surface area contributed by atoms with Crippen LogP contribution in [0.5, 0.6) is 0 Å². The van der Waals surface area contributed by atoms with Gasteiger partial charge in [-0.15, -0.1) is 0 Å². The monoisotopic (exact) mass is 313 g/mol. The number of H-pyrrole nitrogens is 1. The Morgan fingerprint density at radius 2 is 2.27 bits per heavy atom. The van der Waals surface area contributed by atoms with Crippen molar-refractivity contribution in [2.45, 2.75) is 6.54 Å². The van der Waals surface area contributed by atoms with E-state index in [0.717, 1.165) is 5.56 Å². The van der Waals surface area contributed by atoms with E-state index in [4.69, 9.17) is 16.7 Å². The molecule has 0 aromatic carbocycles. The van der Waals surface area contributed by atoms with Crippen LogP contribution in [0.25, 0.3) is 11.4 Å². The highest BCUT2D eigenvalue weighted by Crippen LogP contribution is 2.13. The number of nitrogens with one attached hydrogen (secondary N) is 2. The molecule has 0 aliphatic heterocycles. The van der Waals surface area contributed by atoms with Gasteiger partial charge < -0.3 is 14.8 Å². The van der Waals surface area contributed by atoms with Gasteiger partial charge in [0.05, 0.1) is 12.1 Å². The molecule has 1 amide bonds. The third-order valence-electron chi connectivity index (χ3n) is 2.85. The van der Waals surface area contributed by atoms with Gasteiger partial charge in [-0.05, 0) is 24.3 Å². The summed E-state index contributed by atoms with van der Waals surface area (Å²) in [6.45, 7) is 0.121. The lowest BCUT2D eigenvalue weighted by Gasteiger charge is -2.01. The summed E-state index contributed by atoms with van der Waals surface area (Å²) in [5.41, 5.74) is 1.14. The van der Waals surface area contributed by atoms with Crippen molar-refractivity contribution in [3.05, 3.63) is 59.0 Å². The predicted octanol–water partition coefficient (Wildman–Crippen LogP) is 2.12. The Labute approximate surface area is 130 Å². The molecule has 0 aliphatic rings. The number of aromatic amines is 1. The van der Waals surface area contributed by atoms with E-state index in [0.29, 0.717) is 21.9 Å². The zero-order valence-electron chi connectivity index (χ0n) is 11.3. The summed E-state index contributed by atoms with van der Waals surface area (Å²) in [5.74, 6) is 0.426. The van der Waals surface area contributed by atoms with Crippen LogP contribution in [0.3, 0.4) is 0 Å². The molecule has 7 nitrogen and oxygen atoms in total. The minimum Gasteiger partial charge on any atom is -0.352 e. The van der Waals surface area contributed by atoms with Gasteiger partial charge >= 0.3 is 0 Å². The van der Waals surface area contributed by atoms with E-state index in [9.17, 15) is 4.79 Å². The number of pyridine rings is 2. The Hall–Kier alpha value is -2.87. The fourth-order valence-electron chi connectivity index (χ4n) is 1.79. The Kier molecular flexibility index (Phi) is 4.01. The zero-order chi connectivity index (χ0) is 15.4. The molecule has 0 fully saturated rings. The van der Waals surface area contributed by atoms with Crippen molar-refractivity contribution in [2.24, 2.45) is 0 Å². The molecule has 3 aromatic heterocycles. The van der Waals surface area contributed by atoms with Crippen LogP contribution >= 0.6 is 12.2 Å². The smallest absolute Gasteiger partial charge is 0.254 e. The quantitative estimate of drug-likeness (QED) is 0.716. The standard InChI is InChI=1S/C14H11N5O2S/c20-13(10-4-2-6-16-14(10)22)17-8-11-18-12(19-21-11)9-3-1-5-15-7-9/h1-7H,8H2,(H,16,22)(H,17,20). The second kappa shape index (κ2) is 6.27. The fraction of sp³-hybridized carbons (Fsp3) is 0.0714. The normalized spacial score (nSPS) is 10.4. The molecule has 0 saturated heterocycles. The van der Waals surface area contributed by atoms with Crippen LogP contribution in [0, 0.1) is 4.64 Å². The number of nitrogens with zero attached hydrogens (tertiary/aromatic N) is 3. The molecule has 0 saturated carbocycles. The molecule has 0 bridgehead atoms. The van der Waals surface area contributed by atoms with E-state index >= 15 is 0 Å². The lowest BCUT2D eigenvalue weighted by Crippen LogP contribution is -2.23. The number of amides is 1. The van der Waals surface area contributed by atoms with Crippen molar-refractivity contribution in [2.75, 3.05) is 0 Å². The Morgan fingerprint density at radius 1 is 1.36 bits per heavy atom. The van der Waals surface area contributed by atoms with Gasteiger partial charge in [0, 0.05) is 24.2 Å². The minimum absolute atomic E-state index is 0.121. The van der Waals surface area contributed by atoms with E-state index in [-0.39, 0.29) is 12.5 Å². The molecule has 0 spiro atoms. The number of carbonyl (C=O) groups is 1. The summed E-state index contributed by atoms with van der Waals surface area (Å²) in [5, 5.41) is 6.53. The topological polar surface area (TPSA) is 96.7 Å². The maximum Gasteiger partial charge on any atom is 0.254 e. The molecule has 22 heavy (non-hydrogen) atoms. The average molecular weight is 313 g/mol. The minimum atomic E-state index is -0.303. The molecule has 2 N–H and O–H groups in total. The van der Waals surface area contributed by atoms with Gasteiger partial charge in [0.15, 0.2) is 0 Å². The molecule has 3 heterocycles. The highest BCUT2D eigenvalue weighted by molar-refractivity contribution is 7.71. The summed E-state index contributed by atoms with van der Waals surface area (Å²) in [4.78, 5) is 23.0. The Bertz CT molecular complexity index is 843. The van der Waals surface area contributed by atoms with Crippen molar-refractivity contribution in [1.82, 2.24) is 25.4 Å². The van der Waals surface area contributed by atoms with E-state index in [1.165, 1.54) is 0 Å². The van der Waals surface area contributed by atoms with Crippen molar-refractivity contribution < 1.29 is 9.32 Å². The molecule has 0 radical (unpaired) electrons. The van der Waals surface area contributed by atoms with Gasteiger partial charge in [0.2, 0.25) is 11.7 Å². The maximum atomic E-state index is 12.0. The Morgan fingerprint density at radius 3 is 3.05 bits per heavy atom. The van der Waals surface area contributed by atoms with Crippen LogP contribution in [-0.2, 0) is 6.54 Å². The second-order valence-corrected chi connectivity index (χ2v) is 4.76. The second-order valence-electron chi connectivity index (χ2n) is 4.35. The lowest BCUT2D eigenvalue weighted by molar-refractivity contribution is 0.0945. The summed E-state index contributed by atoms with van der Waals surface area (Å²) in [6, 6.07) is 6.95. The molecule has 0 aliphatic carbocycles. The number of rotatable bonds is 4. The van der Waals surface area contributed by atoms with E-state index < -0.39 is 0 Å². The van der Waals surface area contributed by atoms with Crippen molar-refractivity contribution in [3.63, 3.8) is 0 Å². The lowest BCUT2D eigenvalue weighted by atomic mass is 10.2. The molecule has 0 atom stereocenters. The maximum absolute atomic E-state index is 12.0. The molecular formula is C14H11N5O2S. The van der Waals surface area contributed by atoms with Gasteiger partial charge in [0.25, 0.3) is 5.91 Å². The fourth-order valence-corrected chi connectivity index (χ4v) is 2.02. The highest BCUT2D eigenvalue weighted by Gasteiger charge is 2.11. The van der Waals surface area contributed by atoms with Crippen LogP contribution in [-0.4, -0.2) is 26.0 Å². The molecule has 8 heteroatoms. The molecule has 3 rings (SSSR count). The van der Waals surface area contributed by atoms with Crippen LogP contribution < -0.4 is 5.32 Å². The SMILES string of the molecule is O=C(NCc1nc(-c2cccnc2)no1)c1ccc[nH]c1=S. The number of hydrogen-bond acceptors (Lipinski definition) is 6.